The average Bonchev–Trinajstić information content (AvgIpc) is 2.79. The number of carbonyl (C=O) groups excluding carboxylic acids is 5. The number of hydrogen-bond donors (Lipinski definition) is 3. The number of rotatable bonds is 4. The lowest BCUT2D eigenvalue weighted by atomic mass is 9.52. The van der Waals surface area contributed by atoms with Crippen LogP contribution in [0.2, 0.25) is 0 Å². The number of nitrogens with zero attached hydrogens (tertiary/aromatic N) is 2. The van der Waals surface area contributed by atoms with Gasteiger partial charge in [-0.25, -0.2) is 0 Å². The first-order valence-electron chi connectivity index (χ1n) is 12.4. The molecule has 0 heterocycles. The average molecular weight is 528 g/mol. The van der Waals surface area contributed by atoms with Crippen LogP contribution in [0.1, 0.15) is 55.6 Å². The van der Waals surface area contributed by atoms with E-state index in [0.29, 0.717) is 16.8 Å². The van der Waals surface area contributed by atoms with Crippen LogP contribution in [0.25, 0.3) is 0 Å². The molecule has 0 radical (unpaired) electrons. The van der Waals surface area contributed by atoms with E-state index in [-0.39, 0.29) is 24.2 Å². The van der Waals surface area contributed by atoms with Gasteiger partial charge in [0.15, 0.2) is 34.7 Å². The minimum absolute atomic E-state index is 0.0202. The Kier molecular flexibility index (Phi) is 6.60. The molecule has 4 N–H and O–H groups in total. The van der Waals surface area contributed by atoms with Crippen LogP contribution in [-0.4, -0.2) is 81.2 Å². The number of primary amides is 1. The number of carbonyl (C=O) groups is 5. The number of phenolic OH excluding ortho intramolecular Hbond substituents is 1. The summed E-state index contributed by atoms with van der Waals surface area (Å²) in [6.07, 6.45) is 0.131. The molecule has 3 aliphatic carbocycles. The molecule has 6 atom stereocenters. The first-order valence-corrected chi connectivity index (χ1v) is 12.4. The summed E-state index contributed by atoms with van der Waals surface area (Å²) in [4.78, 5) is 73.1. The highest BCUT2D eigenvalue weighted by atomic mass is 16.6. The van der Waals surface area contributed by atoms with Crippen molar-refractivity contribution in [2.24, 2.45) is 34.6 Å². The van der Waals surface area contributed by atoms with Gasteiger partial charge in [-0.05, 0) is 78.2 Å². The zero-order chi connectivity index (χ0) is 28.5. The molecule has 1 aromatic carbocycles. The van der Waals surface area contributed by atoms with E-state index in [4.69, 9.17) is 10.6 Å². The van der Waals surface area contributed by atoms with Gasteiger partial charge in [-0.15, -0.1) is 0 Å². The highest BCUT2D eigenvalue weighted by Gasteiger charge is 2.69. The summed E-state index contributed by atoms with van der Waals surface area (Å²) >= 11 is 0. The second-order valence-electron chi connectivity index (χ2n) is 11.7. The summed E-state index contributed by atoms with van der Waals surface area (Å²) in [7, 11) is 3.08. The summed E-state index contributed by atoms with van der Waals surface area (Å²) < 4.78 is 0. The maximum Gasteiger partial charge on any atom is 0.235 e. The van der Waals surface area contributed by atoms with E-state index >= 15 is 0 Å². The van der Waals surface area contributed by atoms with Crippen LogP contribution in [-0.2, 0) is 30.4 Å². The Hall–Kier alpha value is -3.44. The topological polar surface area (TPSA) is 177 Å². The Morgan fingerprint density at radius 3 is 2.34 bits per heavy atom. The van der Waals surface area contributed by atoms with Crippen molar-refractivity contribution in [3.63, 3.8) is 0 Å². The summed E-state index contributed by atoms with van der Waals surface area (Å²) in [6.45, 7) is 7.19. The maximum absolute atomic E-state index is 13.8. The number of oxime groups is 1. The van der Waals surface area contributed by atoms with Crippen LogP contribution in [0.15, 0.2) is 17.3 Å². The molecule has 0 spiro atoms. The SMILES string of the molecule is CC(=NOC(C)(C)C)c1ccc(O)c2c1C[C@H]1C[C@H]3[C@H](N(C)C)C(=O)C(C(N)=O)C(=O)[C@@]3(O)C(=O)C1C2=O. The Bertz CT molecular complexity index is 1290. The van der Waals surface area contributed by atoms with E-state index in [1.54, 1.807) is 27.1 Å². The van der Waals surface area contributed by atoms with Gasteiger partial charge in [0.2, 0.25) is 5.91 Å². The van der Waals surface area contributed by atoms with E-state index in [1.807, 2.05) is 20.8 Å². The molecule has 2 fully saturated rings. The molecule has 2 unspecified atom stereocenters. The monoisotopic (exact) mass is 527 g/mol. The number of benzene rings is 1. The molecule has 11 heteroatoms. The second-order valence-corrected chi connectivity index (χ2v) is 11.7. The number of fused-ring (bicyclic) bond motifs is 3. The van der Waals surface area contributed by atoms with E-state index in [9.17, 15) is 34.2 Å². The van der Waals surface area contributed by atoms with Crippen LogP contribution >= 0.6 is 0 Å². The molecule has 11 nitrogen and oxygen atoms in total. The Balaban J connectivity index is 1.84. The summed E-state index contributed by atoms with van der Waals surface area (Å²) in [6, 6.07) is 1.79. The van der Waals surface area contributed by atoms with Crippen molar-refractivity contribution in [1.82, 2.24) is 4.90 Å². The Morgan fingerprint density at radius 2 is 1.79 bits per heavy atom. The van der Waals surface area contributed by atoms with Crippen LogP contribution in [0.4, 0.5) is 0 Å². The fourth-order valence-corrected chi connectivity index (χ4v) is 6.20. The molecule has 4 rings (SSSR count). The van der Waals surface area contributed by atoms with Gasteiger partial charge < -0.3 is 20.8 Å². The first-order chi connectivity index (χ1) is 17.5. The van der Waals surface area contributed by atoms with Crippen molar-refractivity contribution in [3.05, 3.63) is 28.8 Å². The highest BCUT2D eigenvalue weighted by molar-refractivity contribution is 6.32. The molecule has 3 aliphatic rings. The molecule has 2 saturated carbocycles. The quantitative estimate of drug-likeness (QED) is 0.284. The van der Waals surface area contributed by atoms with Crippen LogP contribution in [0.3, 0.4) is 0 Å². The summed E-state index contributed by atoms with van der Waals surface area (Å²) in [5, 5.41) is 26.4. The van der Waals surface area contributed by atoms with Gasteiger partial charge in [0.1, 0.15) is 11.4 Å². The Morgan fingerprint density at radius 1 is 1.16 bits per heavy atom. The normalized spacial score (nSPS) is 31.6. The van der Waals surface area contributed by atoms with Crippen molar-refractivity contribution < 1.29 is 39.0 Å². The van der Waals surface area contributed by atoms with Crippen LogP contribution in [0.5, 0.6) is 5.75 Å². The second kappa shape index (κ2) is 9.09. The fourth-order valence-electron chi connectivity index (χ4n) is 6.20. The lowest BCUT2D eigenvalue weighted by Crippen LogP contribution is -2.74. The predicted octanol–water partition coefficient (Wildman–Crippen LogP) is 0.406. The Labute approximate surface area is 220 Å². The molecule has 1 aromatic rings. The van der Waals surface area contributed by atoms with Gasteiger partial charge in [0.05, 0.1) is 23.2 Å². The number of aromatic hydroxyl groups is 1. The van der Waals surface area contributed by atoms with Crippen molar-refractivity contribution >= 4 is 34.8 Å². The van der Waals surface area contributed by atoms with E-state index < -0.39 is 70.0 Å². The molecule has 0 aliphatic heterocycles. The number of likely N-dealkylation sites (N-methyl/N-ethyl adjacent to an activating group) is 1. The molecule has 0 saturated heterocycles. The third kappa shape index (κ3) is 4.04. The number of nitrogens with two attached hydrogens (primary N) is 1. The van der Waals surface area contributed by atoms with E-state index in [1.165, 1.54) is 11.0 Å². The van der Waals surface area contributed by atoms with Gasteiger partial charge >= 0.3 is 0 Å². The van der Waals surface area contributed by atoms with Crippen LogP contribution in [0, 0.1) is 23.7 Å². The minimum atomic E-state index is -2.75. The minimum Gasteiger partial charge on any atom is -0.507 e. The number of phenols is 1. The lowest BCUT2D eigenvalue weighted by Gasteiger charge is -2.52. The van der Waals surface area contributed by atoms with Crippen molar-refractivity contribution in [2.45, 2.75) is 57.8 Å². The standard InChI is InChI=1S/C27H33N3O8/c1-11(29-38-26(2,3)4)13-7-8-16(31)18-14(13)9-12-10-15-20(30(5)6)22(33)19(25(28)36)24(35)27(15,37)23(34)17(12)21(18)32/h7-8,12,15,17,19-20,31,37H,9-10H2,1-6H3,(H2,28,36)/t12-,15-,17?,19?,20-,27-/m0/s1. The first kappa shape index (κ1) is 27.6. The van der Waals surface area contributed by atoms with Gasteiger partial charge in [0, 0.05) is 11.5 Å². The zero-order valence-electron chi connectivity index (χ0n) is 22.3. The van der Waals surface area contributed by atoms with Gasteiger partial charge in [-0.1, -0.05) is 5.16 Å². The number of aliphatic hydroxyl groups is 1. The molecule has 38 heavy (non-hydrogen) atoms. The number of ketones is 4. The summed E-state index contributed by atoms with van der Waals surface area (Å²) in [5.74, 6) is -10.8. The maximum atomic E-state index is 13.8. The molecular weight excluding hydrogens is 494 g/mol. The number of hydrogen-bond acceptors (Lipinski definition) is 10. The molecule has 0 bridgehead atoms. The summed E-state index contributed by atoms with van der Waals surface area (Å²) in [5.41, 5.74) is 3.41. The smallest absolute Gasteiger partial charge is 0.235 e. The largest absolute Gasteiger partial charge is 0.507 e. The van der Waals surface area contributed by atoms with Crippen LogP contribution < -0.4 is 5.73 Å². The number of Topliss-reactive ketones (excluding diaryl/α,β-unsaturated/α-hetero) is 4. The molecular formula is C27H33N3O8. The third-order valence-electron chi connectivity index (χ3n) is 7.79. The van der Waals surface area contributed by atoms with Gasteiger partial charge in [0.25, 0.3) is 0 Å². The molecule has 204 valence electrons. The van der Waals surface area contributed by atoms with Crippen molar-refractivity contribution in [3.8, 4) is 5.75 Å². The van der Waals surface area contributed by atoms with Crippen molar-refractivity contribution in [2.75, 3.05) is 14.1 Å². The zero-order valence-corrected chi connectivity index (χ0v) is 22.3. The molecule has 1 amide bonds. The lowest BCUT2D eigenvalue weighted by molar-refractivity contribution is -0.181. The third-order valence-corrected chi connectivity index (χ3v) is 7.79. The van der Waals surface area contributed by atoms with E-state index in [0.717, 1.165) is 0 Å². The van der Waals surface area contributed by atoms with E-state index in [2.05, 4.69) is 5.16 Å². The predicted molar refractivity (Wildman–Crippen MR) is 134 cm³/mol. The molecule has 0 aromatic heterocycles. The number of amides is 1. The van der Waals surface area contributed by atoms with Crippen molar-refractivity contribution in [1.29, 1.82) is 0 Å². The van der Waals surface area contributed by atoms with Gasteiger partial charge in [-0.2, -0.15) is 0 Å². The highest BCUT2D eigenvalue weighted by Crippen LogP contribution is 2.51. The fraction of sp³-hybridized carbons (Fsp3) is 0.556. The van der Waals surface area contributed by atoms with Gasteiger partial charge in [-0.3, -0.25) is 28.9 Å².